The van der Waals surface area contributed by atoms with Crippen LogP contribution in [0.4, 0.5) is 11.4 Å². The van der Waals surface area contributed by atoms with Crippen molar-refractivity contribution >= 4 is 46.5 Å². The molecule has 0 aliphatic heterocycles. The molecule has 2 aromatic rings. The molecule has 0 saturated carbocycles. The second-order valence-electron chi connectivity index (χ2n) is 5.71. The quantitative estimate of drug-likeness (QED) is 0.578. The van der Waals surface area contributed by atoms with Crippen molar-refractivity contribution in [3.8, 4) is 6.07 Å². The van der Waals surface area contributed by atoms with Crippen molar-refractivity contribution in [2.24, 2.45) is 0 Å². The van der Waals surface area contributed by atoms with Gasteiger partial charge in [-0.25, -0.2) is 4.79 Å². The molecule has 0 aliphatic carbocycles. The van der Waals surface area contributed by atoms with Gasteiger partial charge in [0.05, 0.1) is 28.8 Å². The molecular weight excluding hydrogens is 389 g/mol. The second kappa shape index (κ2) is 9.26. The maximum absolute atomic E-state index is 12.5. The normalized spacial score (nSPS) is 10.1. The summed E-state index contributed by atoms with van der Waals surface area (Å²) in [6.45, 7) is 1.59. The van der Waals surface area contributed by atoms with Crippen LogP contribution in [0.2, 0.25) is 10.0 Å². The molecule has 0 unspecified atom stereocenters. The number of hydrogen-bond acceptors (Lipinski definition) is 5. The fourth-order valence-electron chi connectivity index (χ4n) is 2.32. The second-order valence-corrected chi connectivity index (χ2v) is 6.56. The Morgan fingerprint density at radius 1 is 1.22 bits per heavy atom. The number of aryl methyl sites for hydroxylation is 1. The number of esters is 1. The van der Waals surface area contributed by atoms with Gasteiger partial charge >= 0.3 is 5.97 Å². The van der Waals surface area contributed by atoms with Crippen molar-refractivity contribution in [2.45, 2.75) is 13.3 Å². The lowest BCUT2D eigenvalue weighted by molar-refractivity contribution is -0.121. The van der Waals surface area contributed by atoms with Gasteiger partial charge in [-0.15, -0.1) is 0 Å². The number of nitrogens with zero attached hydrogens (tertiary/aromatic N) is 2. The molecule has 2 rings (SSSR count). The number of nitriles is 1. The predicted molar refractivity (Wildman–Crippen MR) is 105 cm³/mol. The van der Waals surface area contributed by atoms with Gasteiger partial charge in [0.1, 0.15) is 0 Å². The Bertz CT molecular complexity index is 892. The number of amides is 1. The molecule has 2 N–H and O–H groups in total. The average molecular weight is 406 g/mol. The maximum Gasteiger partial charge on any atom is 0.340 e. The third kappa shape index (κ3) is 5.36. The smallest absolute Gasteiger partial charge is 0.340 e. The molecular formula is C19H17Cl2N3O3. The Balaban J connectivity index is 2.12. The third-order valence-electron chi connectivity index (χ3n) is 3.73. The van der Waals surface area contributed by atoms with Gasteiger partial charge in [0, 0.05) is 17.3 Å². The van der Waals surface area contributed by atoms with Crippen LogP contribution in [0.5, 0.6) is 0 Å². The van der Waals surface area contributed by atoms with Crippen LogP contribution in [-0.2, 0) is 9.53 Å². The summed E-state index contributed by atoms with van der Waals surface area (Å²) in [6.07, 6.45) is 0.143. The molecule has 6 nitrogen and oxygen atoms in total. The molecule has 8 heteroatoms. The summed E-state index contributed by atoms with van der Waals surface area (Å²) in [5, 5.41) is 9.17. The van der Waals surface area contributed by atoms with E-state index in [1.807, 2.05) is 25.1 Å². The topological polar surface area (TPSA) is 96.4 Å². The van der Waals surface area contributed by atoms with E-state index in [0.717, 1.165) is 5.56 Å². The fraction of sp³-hybridized carbons (Fsp3) is 0.211. The molecule has 0 saturated heterocycles. The number of nitrogens with two attached hydrogens (primary N) is 1. The summed E-state index contributed by atoms with van der Waals surface area (Å²) >= 11 is 11.8. The van der Waals surface area contributed by atoms with Crippen molar-refractivity contribution in [1.29, 1.82) is 5.26 Å². The molecule has 1 amide bonds. The van der Waals surface area contributed by atoms with Gasteiger partial charge < -0.3 is 15.4 Å². The maximum atomic E-state index is 12.5. The van der Waals surface area contributed by atoms with E-state index in [1.165, 1.54) is 17.0 Å². The molecule has 2 aromatic carbocycles. The van der Waals surface area contributed by atoms with E-state index in [1.54, 1.807) is 12.1 Å². The van der Waals surface area contributed by atoms with Crippen molar-refractivity contribution < 1.29 is 14.3 Å². The number of ether oxygens (including phenoxy) is 1. The molecule has 140 valence electrons. The standard InChI is InChI=1S/C19H17Cl2N3O3/c1-12-3-5-14(6-4-12)24(8-2-7-22)17(25)11-27-19(26)15-9-13(20)10-16(21)18(15)23/h3-6,9-10H,2,8,11,23H2,1H3. The SMILES string of the molecule is Cc1ccc(N(CCC#N)C(=O)COC(=O)c2cc(Cl)cc(Cl)c2N)cc1. The van der Waals surface area contributed by atoms with Crippen LogP contribution in [-0.4, -0.2) is 25.0 Å². The van der Waals surface area contributed by atoms with Gasteiger partial charge in [-0.1, -0.05) is 40.9 Å². The molecule has 0 aliphatic rings. The van der Waals surface area contributed by atoms with Crippen LogP contribution in [0.15, 0.2) is 36.4 Å². The number of rotatable bonds is 6. The Morgan fingerprint density at radius 3 is 2.52 bits per heavy atom. The van der Waals surface area contributed by atoms with Crippen LogP contribution in [0, 0.1) is 18.3 Å². The minimum Gasteiger partial charge on any atom is -0.452 e. The van der Waals surface area contributed by atoms with Gasteiger partial charge in [-0.3, -0.25) is 4.79 Å². The van der Waals surface area contributed by atoms with E-state index in [4.69, 9.17) is 38.9 Å². The van der Waals surface area contributed by atoms with E-state index in [9.17, 15) is 9.59 Å². The Kier molecular flexibility index (Phi) is 7.05. The van der Waals surface area contributed by atoms with E-state index >= 15 is 0 Å². The van der Waals surface area contributed by atoms with Gasteiger partial charge in [0.25, 0.3) is 5.91 Å². The zero-order valence-electron chi connectivity index (χ0n) is 14.5. The third-order valence-corrected chi connectivity index (χ3v) is 4.27. The van der Waals surface area contributed by atoms with Crippen LogP contribution in [0.3, 0.4) is 0 Å². The number of hydrogen-bond donors (Lipinski definition) is 1. The minimum atomic E-state index is -0.811. The largest absolute Gasteiger partial charge is 0.452 e. The van der Waals surface area contributed by atoms with Crippen LogP contribution < -0.4 is 10.6 Å². The number of halogens is 2. The first-order valence-electron chi connectivity index (χ1n) is 7.99. The fourth-order valence-corrected chi connectivity index (χ4v) is 2.81. The zero-order valence-corrected chi connectivity index (χ0v) is 16.0. The van der Waals surface area contributed by atoms with E-state index < -0.39 is 18.5 Å². The Labute approximate surface area is 167 Å². The number of carbonyl (C=O) groups excluding carboxylic acids is 2. The highest BCUT2D eigenvalue weighted by atomic mass is 35.5. The lowest BCUT2D eigenvalue weighted by Gasteiger charge is -2.22. The summed E-state index contributed by atoms with van der Waals surface area (Å²) in [4.78, 5) is 26.2. The molecule has 27 heavy (non-hydrogen) atoms. The van der Waals surface area contributed by atoms with E-state index in [0.29, 0.717) is 5.69 Å². The number of nitrogen functional groups attached to an aromatic ring is 1. The molecule has 0 bridgehead atoms. The van der Waals surface area contributed by atoms with E-state index in [-0.39, 0.29) is 34.3 Å². The summed E-state index contributed by atoms with van der Waals surface area (Å²) < 4.78 is 5.08. The molecule has 0 fully saturated rings. The van der Waals surface area contributed by atoms with Gasteiger partial charge in [0.15, 0.2) is 6.61 Å². The minimum absolute atomic E-state index is 0.0146. The van der Waals surface area contributed by atoms with Crippen molar-refractivity contribution in [1.82, 2.24) is 0 Å². The lowest BCUT2D eigenvalue weighted by Crippen LogP contribution is -2.35. The van der Waals surface area contributed by atoms with Crippen LogP contribution in [0.1, 0.15) is 22.3 Å². The van der Waals surface area contributed by atoms with Crippen molar-refractivity contribution in [2.75, 3.05) is 23.8 Å². The molecule has 0 radical (unpaired) electrons. The molecule has 0 heterocycles. The van der Waals surface area contributed by atoms with E-state index in [2.05, 4.69) is 0 Å². The zero-order chi connectivity index (χ0) is 20.0. The van der Waals surface area contributed by atoms with Crippen molar-refractivity contribution in [3.63, 3.8) is 0 Å². The molecule has 0 spiro atoms. The predicted octanol–water partition coefficient (Wildman–Crippen LogP) is 3.99. The van der Waals surface area contributed by atoms with Gasteiger partial charge in [-0.05, 0) is 31.2 Å². The summed E-state index contributed by atoms with van der Waals surface area (Å²) in [6, 6.07) is 12.0. The van der Waals surface area contributed by atoms with Crippen LogP contribution >= 0.6 is 23.2 Å². The number of benzene rings is 2. The molecule has 0 aromatic heterocycles. The molecule has 0 atom stereocenters. The van der Waals surface area contributed by atoms with Gasteiger partial charge in [0.2, 0.25) is 0 Å². The van der Waals surface area contributed by atoms with Crippen molar-refractivity contribution in [3.05, 3.63) is 57.6 Å². The first-order valence-corrected chi connectivity index (χ1v) is 8.74. The Hall–Kier alpha value is -2.75. The first-order chi connectivity index (χ1) is 12.8. The van der Waals surface area contributed by atoms with Crippen LogP contribution in [0.25, 0.3) is 0 Å². The summed E-state index contributed by atoms with van der Waals surface area (Å²) in [7, 11) is 0. The Morgan fingerprint density at radius 2 is 1.89 bits per heavy atom. The monoisotopic (exact) mass is 405 g/mol. The number of carbonyl (C=O) groups is 2. The highest BCUT2D eigenvalue weighted by molar-refractivity contribution is 6.37. The lowest BCUT2D eigenvalue weighted by atomic mass is 10.2. The number of anilines is 2. The summed E-state index contributed by atoms with van der Waals surface area (Å²) in [5.74, 6) is -1.27. The average Bonchev–Trinajstić information content (AvgIpc) is 2.64. The highest BCUT2D eigenvalue weighted by Gasteiger charge is 2.20. The first kappa shape index (κ1) is 20.6. The highest BCUT2D eigenvalue weighted by Crippen LogP contribution is 2.28. The summed E-state index contributed by atoms with van der Waals surface area (Å²) in [5.41, 5.74) is 7.43. The van der Waals surface area contributed by atoms with Gasteiger partial charge in [-0.2, -0.15) is 5.26 Å².